The predicted molar refractivity (Wildman–Crippen MR) is 105 cm³/mol. The highest BCUT2D eigenvalue weighted by Crippen LogP contribution is 2.31. The van der Waals surface area contributed by atoms with E-state index in [9.17, 15) is 13.2 Å². The van der Waals surface area contributed by atoms with E-state index in [1.165, 1.54) is 0 Å². The Morgan fingerprint density at radius 1 is 0.889 bits per heavy atom. The third kappa shape index (κ3) is 3.11. The van der Waals surface area contributed by atoms with Crippen molar-refractivity contribution >= 4 is 26.7 Å². The number of amides is 1. The van der Waals surface area contributed by atoms with Crippen molar-refractivity contribution in [3.05, 3.63) is 78.4 Å². The summed E-state index contributed by atoms with van der Waals surface area (Å²) in [5.41, 5.74) is 7.11. The first-order valence-corrected chi connectivity index (χ1v) is 10.3. The molecule has 0 radical (unpaired) electrons. The number of hydrogen-bond acceptors (Lipinski definition) is 4. The standard InChI is InChI=1S/C21H20N2O3S/c22-20-19(16-7-2-1-3-8-16)12-13-23(21(20)24)27(25,26)18-11-10-15-6-4-5-9-17(15)14-18/h1-11,14,19-20H,12-13,22H2. The first-order chi connectivity index (χ1) is 13.0. The molecule has 1 aliphatic rings. The largest absolute Gasteiger partial charge is 0.319 e. The number of rotatable bonds is 3. The van der Waals surface area contributed by atoms with Crippen molar-refractivity contribution in [2.75, 3.05) is 6.54 Å². The molecular formula is C21H20N2O3S. The Kier molecular flexibility index (Phi) is 4.45. The number of carbonyl (C=O) groups excluding carboxylic acids is 1. The lowest BCUT2D eigenvalue weighted by Crippen LogP contribution is -2.54. The Labute approximate surface area is 158 Å². The Hall–Kier alpha value is -2.70. The van der Waals surface area contributed by atoms with Gasteiger partial charge in [0.25, 0.3) is 15.9 Å². The third-order valence-corrected chi connectivity index (χ3v) is 6.94. The summed E-state index contributed by atoms with van der Waals surface area (Å²) in [6.07, 6.45) is 0.504. The van der Waals surface area contributed by atoms with Crippen molar-refractivity contribution in [1.29, 1.82) is 0 Å². The lowest BCUT2D eigenvalue weighted by molar-refractivity contribution is -0.130. The van der Waals surface area contributed by atoms with Crippen molar-refractivity contribution in [3.63, 3.8) is 0 Å². The number of nitrogens with zero attached hydrogens (tertiary/aromatic N) is 1. The van der Waals surface area contributed by atoms with E-state index in [1.807, 2.05) is 54.6 Å². The molecule has 1 heterocycles. The summed E-state index contributed by atoms with van der Waals surface area (Å²) < 4.78 is 27.1. The summed E-state index contributed by atoms with van der Waals surface area (Å²) >= 11 is 0. The molecule has 0 spiro atoms. The maximum Gasteiger partial charge on any atom is 0.266 e. The van der Waals surface area contributed by atoms with Gasteiger partial charge in [0.1, 0.15) is 0 Å². The number of hydrogen-bond donors (Lipinski definition) is 1. The van der Waals surface area contributed by atoms with Crippen LogP contribution >= 0.6 is 0 Å². The summed E-state index contributed by atoms with van der Waals surface area (Å²) in [7, 11) is -3.94. The van der Waals surface area contributed by atoms with Crippen LogP contribution in [-0.4, -0.2) is 31.2 Å². The molecule has 4 rings (SSSR count). The van der Waals surface area contributed by atoms with E-state index in [0.717, 1.165) is 20.6 Å². The molecule has 2 unspecified atom stereocenters. The maximum atomic E-state index is 13.1. The van der Waals surface area contributed by atoms with Gasteiger partial charge in [-0.3, -0.25) is 4.79 Å². The van der Waals surface area contributed by atoms with Gasteiger partial charge in [0.2, 0.25) is 0 Å². The SMILES string of the molecule is NC1C(=O)N(S(=O)(=O)c2ccc3ccccc3c2)CCC1c1ccccc1. The quantitative estimate of drug-likeness (QED) is 0.758. The average molecular weight is 380 g/mol. The third-order valence-electron chi connectivity index (χ3n) is 5.14. The van der Waals surface area contributed by atoms with Gasteiger partial charge in [-0.25, -0.2) is 12.7 Å². The van der Waals surface area contributed by atoms with E-state index in [2.05, 4.69) is 0 Å². The van der Waals surface area contributed by atoms with E-state index in [4.69, 9.17) is 5.73 Å². The zero-order chi connectivity index (χ0) is 19.0. The summed E-state index contributed by atoms with van der Waals surface area (Å²) in [6.45, 7) is 0.126. The van der Waals surface area contributed by atoms with E-state index in [1.54, 1.807) is 18.2 Å². The summed E-state index contributed by atoms with van der Waals surface area (Å²) in [6, 6.07) is 21.1. The summed E-state index contributed by atoms with van der Waals surface area (Å²) in [5.74, 6) is -0.731. The minimum absolute atomic E-state index is 0.111. The zero-order valence-electron chi connectivity index (χ0n) is 14.7. The van der Waals surface area contributed by atoms with Crippen LogP contribution in [0.4, 0.5) is 0 Å². The van der Waals surface area contributed by atoms with Crippen molar-refractivity contribution in [3.8, 4) is 0 Å². The number of piperidine rings is 1. The van der Waals surface area contributed by atoms with Gasteiger partial charge < -0.3 is 5.73 Å². The second-order valence-corrected chi connectivity index (χ2v) is 8.62. The molecule has 3 aromatic rings. The Bertz CT molecular complexity index is 1100. The molecule has 3 aromatic carbocycles. The lowest BCUT2D eigenvalue weighted by atomic mass is 9.86. The van der Waals surface area contributed by atoms with Crippen LogP contribution in [0.3, 0.4) is 0 Å². The fourth-order valence-corrected chi connectivity index (χ4v) is 5.13. The van der Waals surface area contributed by atoms with Crippen LogP contribution in [0.5, 0.6) is 0 Å². The minimum atomic E-state index is -3.94. The first-order valence-electron chi connectivity index (χ1n) is 8.84. The number of nitrogens with two attached hydrogens (primary N) is 1. The average Bonchev–Trinajstić information content (AvgIpc) is 2.70. The van der Waals surface area contributed by atoms with E-state index in [-0.39, 0.29) is 17.4 Å². The fourth-order valence-electron chi connectivity index (χ4n) is 3.65. The van der Waals surface area contributed by atoms with E-state index < -0.39 is 22.0 Å². The van der Waals surface area contributed by atoms with Gasteiger partial charge in [0.15, 0.2) is 0 Å². The molecule has 0 aromatic heterocycles. The molecule has 1 saturated heterocycles. The number of fused-ring (bicyclic) bond motifs is 1. The second kappa shape index (κ2) is 6.79. The van der Waals surface area contributed by atoms with Crippen LogP contribution in [0.1, 0.15) is 17.9 Å². The van der Waals surface area contributed by atoms with E-state index >= 15 is 0 Å². The second-order valence-electron chi connectivity index (χ2n) is 6.76. The van der Waals surface area contributed by atoms with Crippen molar-refractivity contribution < 1.29 is 13.2 Å². The molecule has 27 heavy (non-hydrogen) atoms. The molecule has 0 bridgehead atoms. The molecule has 6 heteroatoms. The molecule has 2 N–H and O–H groups in total. The van der Waals surface area contributed by atoms with Crippen LogP contribution in [0.15, 0.2) is 77.7 Å². The van der Waals surface area contributed by atoms with Gasteiger partial charge in [0, 0.05) is 12.5 Å². The van der Waals surface area contributed by atoms with Crippen LogP contribution in [0.25, 0.3) is 10.8 Å². The summed E-state index contributed by atoms with van der Waals surface area (Å²) in [4.78, 5) is 12.9. The highest BCUT2D eigenvalue weighted by atomic mass is 32.2. The van der Waals surface area contributed by atoms with Gasteiger partial charge >= 0.3 is 0 Å². The number of benzene rings is 3. The highest BCUT2D eigenvalue weighted by molar-refractivity contribution is 7.89. The Morgan fingerprint density at radius 2 is 1.56 bits per heavy atom. The Balaban J connectivity index is 1.65. The van der Waals surface area contributed by atoms with Crippen molar-refractivity contribution in [2.24, 2.45) is 5.73 Å². The molecule has 2 atom stereocenters. The van der Waals surface area contributed by atoms with E-state index in [0.29, 0.717) is 6.42 Å². The maximum absolute atomic E-state index is 13.1. The summed E-state index contributed by atoms with van der Waals surface area (Å²) in [5, 5.41) is 1.76. The van der Waals surface area contributed by atoms with Crippen LogP contribution in [-0.2, 0) is 14.8 Å². The molecule has 0 saturated carbocycles. The van der Waals surface area contributed by atoms with Crippen LogP contribution in [0, 0.1) is 0 Å². The molecule has 1 amide bonds. The minimum Gasteiger partial charge on any atom is -0.319 e. The molecule has 0 aliphatic carbocycles. The molecule has 1 fully saturated rings. The van der Waals surface area contributed by atoms with Crippen molar-refractivity contribution in [1.82, 2.24) is 4.31 Å². The first kappa shape index (κ1) is 17.7. The molecule has 5 nitrogen and oxygen atoms in total. The molecular weight excluding hydrogens is 360 g/mol. The number of sulfonamides is 1. The predicted octanol–water partition coefficient (Wildman–Crippen LogP) is 2.87. The molecule has 1 aliphatic heterocycles. The Morgan fingerprint density at radius 3 is 2.30 bits per heavy atom. The number of carbonyl (C=O) groups is 1. The van der Waals surface area contributed by atoms with Crippen molar-refractivity contribution in [2.45, 2.75) is 23.3 Å². The van der Waals surface area contributed by atoms with Crippen LogP contribution < -0.4 is 5.73 Å². The smallest absolute Gasteiger partial charge is 0.266 e. The van der Waals surface area contributed by atoms with Gasteiger partial charge in [-0.2, -0.15) is 0 Å². The van der Waals surface area contributed by atoms with Crippen LogP contribution in [0.2, 0.25) is 0 Å². The van der Waals surface area contributed by atoms with Gasteiger partial charge in [-0.05, 0) is 34.9 Å². The monoisotopic (exact) mass is 380 g/mol. The van der Waals surface area contributed by atoms with Gasteiger partial charge in [-0.15, -0.1) is 0 Å². The normalized spacial score (nSPS) is 20.8. The van der Waals surface area contributed by atoms with Gasteiger partial charge in [-0.1, -0.05) is 60.7 Å². The van der Waals surface area contributed by atoms with Gasteiger partial charge in [0.05, 0.1) is 10.9 Å². The highest BCUT2D eigenvalue weighted by Gasteiger charge is 2.40. The topological polar surface area (TPSA) is 80.5 Å². The fraction of sp³-hybridized carbons (Fsp3) is 0.190. The molecule has 138 valence electrons. The zero-order valence-corrected chi connectivity index (χ0v) is 15.5. The lowest BCUT2D eigenvalue weighted by Gasteiger charge is -2.35.